The number of benzene rings is 1. The third-order valence-electron chi connectivity index (χ3n) is 6.33. The molecule has 0 aromatic heterocycles. The van der Waals surface area contributed by atoms with E-state index in [-0.39, 0.29) is 17.9 Å². The van der Waals surface area contributed by atoms with Crippen molar-refractivity contribution in [2.75, 3.05) is 25.4 Å². The average molecular weight is 432 g/mol. The molecular weight excluding hydrogens is 394 g/mol. The second kappa shape index (κ2) is 12.4. The first-order valence-electron chi connectivity index (χ1n) is 11.7. The van der Waals surface area contributed by atoms with E-state index < -0.39 is 0 Å². The molecular formula is C24H37N3O2S. The van der Waals surface area contributed by atoms with Crippen LogP contribution in [0.4, 0.5) is 0 Å². The summed E-state index contributed by atoms with van der Waals surface area (Å²) in [6, 6.07) is 8.19. The number of amides is 2. The standard InChI is InChI=1S/C24H37N3O2S/c1-2-27-16-14-20(15-17-27)26-24(29)21-12-8-9-13-22(21)30-18-23(28)25-19-10-6-4-3-5-7-11-19/h8-9,12-13,19-20H,2-7,10-11,14-18H2,1H3,(H,25,28)(H,26,29). The van der Waals surface area contributed by atoms with Gasteiger partial charge in [-0.15, -0.1) is 11.8 Å². The molecule has 1 heterocycles. The van der Waals surface area contributed by atoms with Crippen LogP contribution in [0.25, 0.3) is 0 Å². The number of carbonyl (C=O) groups is 2. The smallest absolute Gasteiger partial charge is 0.252 e. The number of piperidine rings is 1. The molecule has 1 aliphatic heterocycles. The lowest BCUT2D eigenvalue weighted by Crippen LogP contribution is -2.44. The molecule has 1 aromatic rings. The molecule has 2 fully saturated rings. The van der Waals surface area contributed by atoms with Gasteiger partial charge in [0.05, 0.1) is 11.3 Å². The number of carbonyl (C=O) groups excluding carboxylic acids is 2. The SMILES string of the molecule is CCN1CCC(NC(=O)c2ccccc2SCC(=O)NC2CCCCCCC2)CC1. The second-order valence-corrected chi connectivity index (χ2v) is 9.59. The van der Waals surface area contributed by atoms with Crippen LogP contribution in [0.3, 0.4) is 0 Å². The zero-order chi connectivity index (χ0) is 21.2. The molecule has 0 atom stereocenters. The molecule has 0 spiro atoms. The first kappa shape index (κ1) is 23.1. The van der Waals surface area contributed by atoms with E-state index in [1.54, 1.807) is 0 Å². The van der Waals surface area contributed by atoms with Gasteiger partial charge in [0.25, 0.3) is 5.91 Å². The van der Waals surface area contributed by atoms with Crippen LogP contribution < -0.4 is 10.6 Å². The zero-order valence-electron chi connectivity index (χ0n) is 18.3. The molecule has 2 amide bonds. The molecule has 1 saturated heterocycles. The number of hydrogen-bond acceptors (Lipinski definition) is 4. The predicted molar refractivity (Wildman–Crippen MR) is 124 cm³/mol. The summed E-state index contributed by atoms with van der Waals surface area (Å²) in [6.07, 6.45) is 10.5. The molecule has 0 radical (unpaired) electrons. The Morgan fingerprint density at radius 1 is 0.933 bits per heavy atom. The summed E-state index contributed by atoms with van der Waals surface area (Å²) in [6.45, 7) is 5.33. The molecule has 6 heteroatoms. The number of thioether (sulfide) groups is 1. The van der Waals surface area contributed by atoms with E-state index in [1.807, 2.05) is 24.3 Å². The Hall–Kier alpha value is -1.53. The van der Waals surface area contributed by atoms with Crippen molar-refractivity contribution in [1.82, 2.24) is 15.5 Å². The van der Waals surface area contributed by atoms with Crippen molar-refractivity contribution < 1.29 is 9.59 Å². The van der Waals surface area contributed by atoms with Gasteiger partial charge in [-0.2, -0.15) is 0 Å². The molecule has 166 valence electrons. The Balaban J connectivity index is 1.49. The molecule has 0 unspecified atom stereocenters. The summed E-state index contributed by atoms with van der Waals surface area (Å²) < 4.78 is 0. The Bertz CT molecular complexity index is 681. The Morgan fingerprint density at radius 3 is 2.27 bits per heavy atom. The zero-order valence-corrected chi connectivity index (χ0v) is 19.1. The number of nitrogens with one attached hydrogen (secondary N) is 2. The third kappa shape index (κ3) is 7.31. The molecule has 0 bridgehead atoms. The van der Waals surface area contributed by atoms with Gasteiger partial charge in [-0.05, 0) is 44.4 Å². The minimum absolute atomic E-state index is 0.0199. The lowest BCUT2D eigenvalue weighted by molar-refractivity contribution is -0.119. The Morgan fingerprint density at radius 2 is 1.57 bits per heavy atom. The van der Waals surface area contributed by atoms with Crippen molar-refractivity contribution in [1.29, 1.82) is 0 Å². The summed E-state index contributed by atoms with van der Waals surface area (Å²) in [5.41, 5.74) is 0.680. The van der Waals surface area contributed by atoms with E-state index in [1.165, 1.54) is 43.9 Å². The number of rotatable bonds is 7. The van der Waals surface area contributed by atoms with Crippen molar-refractivity contribution >= 4 is 23.6 Å². The van der Waals surface area contributed by atoms with E-state index in [9.17, 15) is 9.59 Å². The second-order valence-electron chi connectivity index (χ2n) is 8.58. The highest BCUT2D eigenvalue weighted by Gasteiger charge is 2.22. The Kier molecular flexibility index (Phi) is 9.53. The summed E-state index contributed by atoms with van der Waals surface area (Å²) in [4.78, 5) is 28.7. The van der Waals surface area contributed by atoms with Crippen molar-refractivity contribution in [2.45, 2.75) is 81.7 Å². The van der Waals surface area contributed by atoms with E-state index in [0.717, 1.165) is 50.2 Å². The third-order valence-corrected chi connectivity index (χ3v) is 7.40. The van der Waals surface area contributed by atoms with Gasteiger partial charge >= 0.3 is 0 Å². The van der Waals surface area contributed by atoms with E-state index in [2.05, 4.69) is 22.5 Å². The van der Waals surface area contributed by atoms with Crippen LogP contribution in [0.1, 0.15) is 75.1 Å². The summed E-state index contributed by atoms with van der Waals surface area (Å²) in [5, 5.41) is 6.42. The monoisotopic (exact) mass is 431 g/mol. The number of hydrogen-bond donors (Lipinski definition) is 2. The van der Waals surface area contributed by atoms with Crippen LogP contribution in [-0.4, -0.2) is 54.2 Å². The first-order valence-corrected chi connectivity index (χ1v) is 12.7. The van der Waals surface area contributed by atoms with Gasteiger partial charge in [-0.3, -0.25) is 9.59 Å². The van der Waals surface area contributed by atoms with Crippen LogP contribution in [0.5, 0.6) is 0 Å². The van der Waals surface area contributed by atoms with Crippen LogP contribution in [0.2, 0.25) is 0 Å². The highest BCUT2D eigenvalue weighted by atomic mass is 32.2. The fraction of sp³-hybridized carbons (Fsp3) is 0.667. The van der Waals surface area contributed by atoms with Crippen LogP contribution in [0.15, 0.2) is 29.2 Å². The molecule has 30 heavy (non-hydrogen) atoms. The fourth-order valence-corrected chi connectivity index (χ4v) is 5.31. The van der Waals surface area contributed by atoms with Crippen molar-refractivity contribution in [3.05, 3.63) is 29.8 Å². The Labute approximate surface area is 185 Å². The molecule has 1 saturated carbocycles. The van der Waals surface area contributed by atoms with Gasteiger partial charge in [0, 0.05) is 30.1 Å². The quantitative estimate of drug-likeness (QED) is 0.635. The normalized spacial score (nSPS) is 19.6. The van der Waals surface area contributed by atoms with Gasteiger partial charge < -0.3 is 15.5 Å². The van der Waals surface area contributed by atoms with Crippen LogP contribution >= 0.6 is 11.8 Å². The van der Waals surface area contributed by atoms with Crippen molar-refractivity contribution in [2.24, 2.45) is 0 Å². The minimum atomic E-state index is -0.0199. The summed E-state index contributed by atoms with van der Waals surface area (Å²) in [7, 11) is 0. The van der Waals surface area contributed by atoms with E-state index in [0.29, 0.717) is 17.4 Å². The molecule has 5 nitrogen and oxygen atoms in total. The van der Waals surface area contributed by atoms with Gasteiger partial charge in [-0.1, -0.05) is 51.2 Å². The van der Waals surface area contributed by atoms with Gasteiger partial charge in [-0.25, -0.2) is 0 Å². The van der Waals surface area contributed by atoms with Gasteiger partial charge in [0.2, 0.25) is 5.91 Å². The van der Waals surface area contributed by atoms with Gasteiger partial charge in [0.1, 0.15) is 0 Å². The maximum atomic E-state index is 12.9. The number of nitrogens with zero attached hydrogens (tertiary/aromatic N) is 1. The van der Waals surface area contributed by atoms with E-state index >= 15 is 0 Å². The lowest BCUT2D eigenvalue weighted by Gasteiger charge is -2.31. The largest absolute Gasteiger partial charge is 0.353 e. The summed E-state index contributed by atoms with van der Waals surface area (Å²) >= 11 is 1.47. The molecule has 2 N–H and O–H groups in total. The van der Waals surface area contributed by atoms with Gasteiger partial charge in [0.15, 0.2) is 0 Å². The topological polar surface area (TPSA) is 61.4 Å². The first-order chi connectivity index (χ1) is 14.7. The van der Waals surface area contributed by atoms with E-state index in [4.69, 9.17) is 0 Å². The highest BCUT2D eigenvalue weighted by molar-refractivity contribution is 8.00. The molecule has 1 aliphatic carbocycles. The summed E-state index contributed by atoms with van der Waals surface area (Å²) in [5.74, 6) is 0.413. The maximum Gasteiger partial charge on any atom is 0.252 e. The highest BCUT2D eigenvalue weighted by Crippen LogP contribution is 2.24. The molecule has 2 aliphatic rings. The van der Waals surface area contributed by atoms with Crippen LogP contribution in [-0.2, 0) is 4.79 Å². The lowest BCUT2D eigenvalue weighted by atomic mass is 9.97. The minimum Gasteiger partial charge on any atom is -0.353 e. The molecule has 1 aromatic carbocycles. The average Bonchev–Trinajstić information content (AvgIpc) is 2.75. The van der Waals surface area contributed by atoms with Crippen molar-refractivity contribution in [3.63, 3.8) is 0 Å². The maximum absolute atomic E-state index is 12.9. The van der Waals surface area contributed by atoms with Crippen LogP contribution in [0, 0.1) is 0 Å². The molecule has 3 rings (SSSR count). The fourth-order valence-electron chi connectivity index (χ4n) is 4.45. The predicted octanol–water partition coefficient (Wildman–Crippen LogP) is 4.22. The number of likely N-dealkylation sites (tertiary alicyclic amines) is 1. The van der Waals surface area contributed by atoms with Crippen molar-refractivity contribution in [3.8, 4) is 0 Å².